The van der Waals surface area contributed by atoms with Gasteiger partial charge in [-0.3, -0.25) is 4.79 Å². The van der Waals surface area contributed by atoms with E-state index in [4.69, 9.17) is 5.73 Å². The number of carbonyl (C=O) groups excluding carboxylic acids is 1. The summed E-state index contributed by atoms with van der Waals surface area (Å²) >= 11 is 0. The van der Waals surface area contributed by atoms with Crippen molar-refractivity contribution in [3.63, 3.8) is 0 Å². The molecule has 0 aliphatic carbocycles. The summed E-state index contributed by atoms with van der Waals surface area (Å²) in [6.45, 7) is 5.75. The lowest BCUT2D eigenvalue weighted by Crippen LogP contribution is -2.41. The monoisotopic (exact) mass is 236 g/mol. The number of hydrogen-bond donors (Lipinski definition) is 1. The van der Waals surface area contributed by atoms with E-state index >= 15 is 0 Å². The fourth-order valence-electron chi connectivity index (χ4n) is 1.51. The van der Waals surface area contributed by atoms with Crippen molar-refractivity contribution in [1.82, 2.24) is 4.90 Å². The van der Waals surface area contributed by atoms with Crippen molar-refractivity contribution in [2.75, 3.05) is 6.54 Å². The molecule has 0 heterocycles. The Morgan fingerprint density at radius 2 is 2.24 bits per heavy atom. The third kappa shape index (κ3) is 3.67. The first-order valence-corrected chi connectivity index (χ1v) is 5.45. The minimum absolute atomic E-state index is 0.207. The van der Waals surface area contributed by atoms with Gasteiger partial charge in [0.15, 0.2) is 0 Å². The van der Waals surface area contributed by atoms with Crippen LogP contribution >= 0.6 is 0 Å². The van der Waals surface area contributed by atoms with Gasteiger partial charge in [0.1, 0.15) is 5.82 Å². The number of benzene rings is 1. The van der Waals surface area contributed by atoms with Gasteiger partial charge in [0.2, 0.25) is 5.91 Å². The number of hydrogen-bond acceptors (Lipinski definition) is 2. The van der Waals surface area contributed by atoms with Gasteiger partial charge >= 0.3 is 0 Å². The van der Waals surface area contributed by atoms with E-state index in [0.717, 1.165) is 0 Å². The average molecular weight is 236 g/mol. The lowest BCUT2D eigenvalue weighted by atomic mass is 10.2. The number of rotatable bonds is 5. The number of amides is 1. The van der Waals surface area contributed by atoms with E-state index < -0.39 is 6.04 Å². The topological polar surface area (TPSA) is 46.3 Å². The van der Waals surface area contributed by atoms with Crippen LogP contribution in [0.15, 0.2) is 36.9 Å². The third-order valence-electron chi connectivity index (χ3n) is 2.37. The van der Waals surface area contributed by atoms with Crippen LogP contribution in [0.25, 0.3) is 0 Å². The average Bonchev–Trinajstić information content (AvgIpc) is 2.30. The summed E-state index contributed by atoms with van der Waals surface area (Å²) < 4.78 is 13.5. The van der Waals surface area contributed by atoms with Gasteiger partial charge in [-0.15, -0.1) is 6.58 Å². The van der Waals surface area contributed by atoms with Crippen molar-refractivity contribution < 1.29 is 9.18 Å². The lowest BCUT2D eigenvalue weighted by Gasteiger charge is -2.23. The van der Waals surface area contributed by atoms with Gasteiger partial charge in [0.05, 0.1) is 6.04 Å². The van der Waals surface area contributed by atoms with E-state index in [1.54, 1.807) is 31.2 Å². The van der Waals surface area contributed by atoms with Gasteiger partial charge in [-0.1, -0.05) is 24.3 Å². The van der Waals surface area contributed by atoms with Crippen LogP contribution in [0.3, 0.4) is 0 Å². The quantitative estimate of drug-likeness (QED) is 0.791. The first-order chi connectivity index (χ1) is 8.06. The Bertz CT molecular complexity index is 404. The maximum atomic E-state index is 13.5. The molecule has 0 saturated carbocycles. The molecule has 3 nitrogen and oxygen atoms in total. The van der Waals surface area contributed by atoms with E-state index in [-0.39, 0.29) is 18.3 Å². The zero-order valence-corrected chi connectivity index (χ0v) is 9.90. The Kier molecular flexibility index (Phi) is 4.84. The molecule has 0 bridgehead atoms. The second kappa shape index (κ2) is 6.15. The number of nitrogens with zero attached hydrogens (tertiary/aromatic N) is 1. The molecule has 4 heteroatoms. The standard InChI is InChI=1S/C13H17FN2O/c1-3-8-16(13(17)10(2)15)9-11-6-4-5-7-12(11)14/h3-7,10H,1,8-9,15H2,2H3/t10-/m0/s1. The van der Waals surface area contributed by atoms with E-state index in [0.29, 0.717) is 12.1 Å². The maximum absolute atomic E-state index is 13.5. The maximum Gasteiger partial charge on any atom is 0.239 e. The Morgan fingerprint density at radius 3 is 2.76 bits per heavy atom. The molecule has 1 amide bonds. The summed E-state index contributed by atoms with van der Waals surface area (Å²) in [5.74, 6) is -0.535. The molecule has 0 radical (unpaired) electrons. The van der Waals surface area contributed by atoms with Crippen LogP contribution in [0.1, 0.15) is 12.5 Å². The number of nitrogens with two attached hydrogens (primary N) is 1. The summed E-state index contributed by atoms with van der Waals surface area (Å²) in [6.07, 6.45) is 1.60. The van der Waals surface area contributed by atoms with Crippen LogP contribution in [0, 0.1) is 5.82 Å². The van der Waals surface area contributed by atoms with Crippen molar-refractivity contribution in [1.29, 1.82) is 0 Å². The molecule has 92 valence electrons. The molecule has 1 atom stereocenters. The first-order valence-electron chi connectivity index (χ1n) is 5.45. The zero-order valence-electron chi connectivity index (χ0n) is 9.90. The Morgan fingerprint density at radius 1 is 1.59 bits per heavy atom. The van der Waals surface area contributed by atoms with E-state index in [9.17, 15) is 9.18 Å². The highest BCUT2D eigenvalue weighted by Crippen LogP contribution is 2.10. The Hall–Kier alpha value is -1.68. The van der Waals surface area contributed by atoms with E-state index in [1.807, 2.05) is 0 Å². The zero-order chi connectivity index (χ0) is 12.8. The van der Waals surface area contributed by atoms with Crippen molar-refractivity contribution in [3.8, 4) is 0 Å². The predicted molar refractivity (Wildman–Crippen MR) is 65.7 cm³/mol. The fraction of sp³-hybridized carbons (Fsp3) is 0.308. The van der Waals surface area contributed by atoms with Crippen LogP contribution < -0.4 is 5.73 Å². The van der Waals surface area contributed by atoms with Crippen LogP contribution in [0.2, 0.25) is 0 Å². The van der Waals surface area contributed by atoms with E-state index in [1.165, 1.54) is 11.0 Å². The molecule has 0 spiro atoms. The Balaban J connectivity index is 2.84. The summed E-state index contributed by atoms with van der Waals surface area (Å²) in [5, 5.41) is 0. The molecule has 1 aromatic rings. The normalized spacial score (nSPS) is 11.9. The van der Waals surface area contributed by atoms with Crippen molar-refractivity contribution in [2.45, 2.75) is 19.5 Å². The van der Waals surface area contributed by atoms with E-state index in [2.05, 4.69) is 6.58 Å². The van der Waals surface area contributed by atoms with Crippen LogP contribution in [-0.4, -0.2) is 23.4 Å². The molecule has 0 aliphatic rings. The molecular weight excluding hydrogens is 219 g/mol. The smallest absolute Gasteiger partial charge is 0.239 e. The SMILES string of the molecule is C=CCN(Cc1ccccc1F)C(=O)[C@H](C)N. The van der Waals surface area contributed by atoms with Crippen LogP contribution in [0.4, 0.5) is 4.39 Å². The minimum Gasteiger partial charge on any atom is -0.333 e. The fourth-order valence-corrected chi connectivity index (χ4v) is 1.51. The molecule has 2 N–H and O–H groups in total. The van der Waals surface area contributed by atoms with Gasteiger partial charge in [0.25, 0.3) is 0 Å². The largest absolute Gasteiger partial charge is 0.333 e. The molecule has 1 aromatic carbocycles. The van der Waals surface area contributed by atoms with Gasteiger partial charge < -0.3 is 10.6 Å². The second-order valence-corrected chi connectivity index (χ2v) is 3.89. The summed E-state index contributed by atoms with van der Waals surface area (Å²) in [4.78, 5) is 13.3. The van der Waals surface area contributed by atoms with Gasteiger partial charge in [-0.05, 0) is 13.0 Å². The van der Waals surface area contributed by atoms with Crippen molar-refractivity contribution in [2.24, 2.45) is 5.73 Å². The van der Waals surface area contributed by atoms with Crippen LogP contribution in [0.5, 0.6) is 0 Å². The molecule has 0 fully saturated rings. The second-order valence-electron chi connectivity index (χ2n) is 3.89. The number of carbonyl (C=O) groups is 1. The van der Waals surface area contributed by atoms with Gasteiger partial charge in [-0.25, -0.2) is 4.39 Å². The van der Waals surface area contributed by atoms with Gasteiger partial charge in [-0.2, -0.15) is 0 Å². The molecule has 0 aliphatic heterocycles. The summed E-state index contributed by atoms with van der Waals surface area (Å²) in [5.41, 5.74) is 6.01. The Labute approximate surface area is 101 Å². The third-order valence-corrected chi connectivity index (χ3v) is 2.37. The van der Waals surface area contributed by atoms with Crippen molar-refractivity contribution >= 4 is 5.91 Å². The summed E-state index contributed by atoms with van der Waals surface area (Å²) in [7, 11) is 0. The highest BCUT2D eigenvalue weighted by atomic mass is 19.1. The highest BCUT2D eigenvalue weighted by Gasteiger charge is 2.17. The molecule has 0 aromatic heterocycles. The molecule has 1 rings (SSSR count). The minimum atomic E-state index is -0.596. The molecule has 0 saturated heterocycles. The molecule has 0 unspecified atom stereocenters. The molecular formula is C13H17FN2O. The predicted octanol–water partition coefficient (Wildman–Crippen LogP) is 1.69. The van der Waals surface area contributed by atoms with Gasteiger partial charge in [0, 0.05) is 18.7 Å². The lowest BCUT2D eigenvalue weighted by molar-refractivity contribution is -0.132. The highest BCUT2D eigenvalue weighted by molar-refractivity contribution is 5.81. The van der Waals surface area contributed by atoms with Crippen molar-refractivity contribution in [3.05, 3.63) is 48.3 Å². The number of halogens is 1. The summed E-state index contributed by atoms with van der Waals surface area (Å²) in [6, 6.07) is 5.78. The van der Waals surface area contributed by atoms with Crippen LogP contribution in [-0.2, 0) is 11.3 Å². The molecule has 17 heavy (non-hydrogen) atoms. The first kappa shape index (κ1) is 13.4.